The van der Waals surface area contributed by atoms with Crippen molar-refractivity contribution in [2.24, 2.45) is 4.99 Å². The van der Waals surface area contributed by atoms with Gasteiger partial charge in [0.15, 0.2) is 5.96 Å². The van der Waals surface area contributed by atoms with E-state index in [1.165, 1.54) is 6.42 Å². The molecular formula is C19H30N4O3. The number of guanidine groups is 1. The summed E-state index contributed by atoms with van der Waals surface area (Å²) in [5.74, 6) is 1.71. The topological polar surface area (TPSA) is 68.2 Å². The van der Waals surface area contributed by atoms with Crippen LogP contribution in [0.1, 0.15) is 25.7 Å². The van der Waals surface area contributed by atoms with Crippen LogP contribution in [-0.2, 0) is 9.47 Å². The maximum atomic E-state index is 6.04. The number of hydrogen-bond donors (Lipinski definition) is 1. The quantitative estimate of drug-likeness (QED) is 0.452. The number of piperidine rings is 1. The minimum absolute atomic E-state index is 0.308. The van der Waals surface area contributed by atoms with Gasteiger partial charge in [-0.15, -0.1) is 0 Å². The lowest BCUT2D eigenvalue weighted by molar-refractivity contribution is -0.0367. The number of aliphatic imine (C=N–C) groups is 1. The number of pyridine rings is 1. The van der Waals surface area contributed by atoms with Crippen molar-refractivity contribution in [1.29, 1.82) is 0 Å². The Bertz CT molecular complexity index is 541. The zero-order valence-electron chi connectivity index (χ0n) is 15.6. The molecule has 3 rings (SSSR count). The van der Waals surface area contributed by atoms with Gasteiger partial charge < -0.3 is 24.4 Å². The van der Waals surface area contributed by atoms with E-state index in [2.05, 4.69) is 20.2 Å². The van der Waals surface area contributed by atoms with E-state index in [9.17, 15) is 0 Å². The van der Waals surface area contributed by atoms with Gasteiger partial charge in [-0.3, -0.25) is 9.98 Å². The summed E-state index contributed by atoms with van der Waals surface area (Å²) in [6.45, 7) is 4.82. The fraction of sp³-hybridized carbons (Fsp3) is 0.684. The molecule has 26 heavy (non-hydrogen) atoms. The molecule has 1 aromatic rings. The molecule has 144 valence electrons. The van der Waals surface area contributed by atoms with E-state index in [4.69, 9.17) is 14.2 Å². The Morgan fingerprint density at radius 1 is 1.38 bits per heavy atom. The van der Waals surface area contributed by atoms with Gasteiger partial charge in [-0.25, -0.2) is 0 Å². The summed E-state index contributed by atoms with van der Waals surface area (Å²) in [4.78, 5) is 10.7. The minimum Gasteiger partial charge on any atom is -0.490 e. The highest BCUT2D eigenvalue weighted by atomic mass is 16.5. The van der Waals surface area contributed by atoms with Gasteiger partial charge in [-0.2, -0.15) is 0 Å². The van der Waals surface area contributed by atoms with Crippen LogP contribution in [0.3, 0.4) is 0 Å². The van der Waals surface area contributed by atoms with Gasteiger partial charge in [0.05, 0.1) is 31.6 Å². The lowest BCUT2D eigenvalue weighted by atomic mass is 10.1. The van der Waals surface area contributed by atoms with Crippen LogP contribution in [0.4, 0.5) is 0 Å². The number of nitrogens with zero attached hydrogens (tertiary/aromatic N) is 3. The van der Waals surface area contributed by atoms with Crippen LogP contribution in [0.15, 0.2) is 29.5 Å². The summed E-state index contributed by atoms with van der Waals surface area (Å²) >= 11 is 0. The van der Waals surface area contributed by atoms with Crippen LogP contribution in [0.2, 0.25) is 0 Å². The fourth-order valence-corrected chi connectivity index (χ4v) is 3.35. The molecule has 0 aliphatic carbocycles. The highest BCUT2D eigenvalue weighted by Gasteiger charge is 2.24. The molecule has 0 bridgehead atoms. The van der Waals surface area contributed by atoms with E-state index >= 15 is 0 Å². The van der Waals surface area contributed by atoms with E-state index < -0.39 is 0 Å². The molecule has 0 saturated carbocycles. The molecule has 2 aliphatic rings. The van der Waals surface area contributed by atoms with Crippen LogP contribution in [0, 0.1) is 0 Å². The van der Waals surface area contributed by atoms with Crippen molar-refractivity contribution in [3.05, 3.63) is 24.5 Å². The molecule has 2 saturated heterocycles. The van der Waals surface area contributed by atoms with Gasteiger partial charge in [-0.1, -0.05) is 0 Å². The van der Waals surface area contributed by atoms with Crippen LogP contribution in [0.5, 0.6) is 5.75 Å². The van der Waals surface area contributed by atoms with Gasteiger partial charge in [0.2, 0.25) is 0 Å². The summed E-state index contributed by atoms with van der Waals surface area (Å²) < 4.78 is 17.3. The number of rotatable bonds is 7. The molecule has 3 heterocycles. The number of hydrogen-bond acceptors (Lipinski definition) is 5. The lowest BCUT2D eigenvalue weighted by Gasteiger charge is -2.34. The summed E-state index contributed by atoms with van der Waals surface area (Å²) in [6.07, 6.45) is 8.45. The van der Waals surface area contributed by atoms with Gasteiger partial charge in [-0.05, 0) is 37.8 Å². The van der Waals surface area contributed by atoms with Crippen molar-refractivity contribution in [2.75, 3.05) is 46.5 Å². The van der Waals surface area contributed by atoms with Crippen molar-refractivity contribution >= 4 is 5.96 Å². The molecule has 0 radical (unpaired) electrons. The molecule has 1 aromatic heterocycles. The summed E-state index contributed by atoms with van der Waals surface area (Å²) in [7, 11) is 1.82. The molecule has 1 atom stereocenters. The summed E-state index contributed by atoms with van der Waals surface area (Å²) in [5, 5.41) is 3.37. The molecule has 0 amide bonds. The summed E-state index contributed by atoms with van der Waals surface area (Å²) in [6, 6.07) is 3.77. The fourth-order valence-electron chi connectivity index (χ4n) is 3.35. The van der Waals surface area contributed by atoms with Crippen molar-refractivity contribution in [3.63, 3.8) is 0 Å². The summed E-state index contributed by atoms with van der Waals surface area (Å²) in [5.41, 5.74) is 0. The van der Waals surface area contributed by atoms with E-state index in [-0.39, 0.29) is 0 Å². The van der Waals surface area contributed by atoms with Crippen LogP contribution < -0.4 is 10.1 Å². The molecule has 0 spiro atoms. The third-order valence-corrected chi connectivity index (χ3v) is 4.78. The third kappa shape index (κ3) is 5.85. The maximum Gasteiger partial charge on any atom is 0.193 e. The average Bonchev–Trinajstić information content (AvgIpc) is 3.22. The predicted molar refractivity (Wildman–Crippen MR) is 101 cm³/mol. The highest BCUT2D eigenvalue weighted by Crippen LogP contribution is 2.17. The largest absolute Gasteiger partial charge is 0.490 e. The van der Waals surface area contributed by atoms with E-state index in [1.807, 2.05) is 19.2 Å². The second kappa shape index (κ2) is 10.3. The van der Waals surface area contributed by atoms with E-state index in [0.29, 0.717) is 25.4 Å². The predicted octanol–water partition coefficient (Wildman–Crippen LogP) is 1.70. The van der Waals surface area contributed by atoms with E-state index in [1.54, 1.807) is 12.4 Å². The van der Waals surface area contributed by atoms with Crippen molar-refractivity contribution in [3.8, 4) is 5.75 Å². The second-order valence-corrected chi connectivity index (χ2v) is 6.67. The van der Waals surface area contributed by atoms with Crippen molar-refractivity contribution in [1.82, 2.24) is 15.2 Å². The number of nitrogens with one attached hydrogen (secondary N) is 1. The smallest absolute Gasteiger partial charge is 0.193 e. The van der Waals surface area contributed by atoms with Gasteiger partial charge in [0.1, 0.15) is 12.4 Å². The average molecular weight is 362 g/mol. The first-order valence-electron chi connectivity index (χ1n) is 9.57. The zero-order chi connectivity index (χ0) is 18.0. The third-order valence-electron chi connectivity index (χ3n) is 4.78. The Balaban J connectivity index is 1.31. The molecular weight excluding hydrogens is 332 g/mol. The Hall–Kier alpha value is -1.86. The molecule has 2 fully saturated rings. The van der Waals surface area contributed by atoms with Crippen molar-refractivity contribution < 1.29 is 14.2 Å². The molecule has 2 aliphatic heterocycles. The number of likely N-dealkylation sites (tertiary alicyclic amines) is 1. The molecule has 1 N–H and O–H groups in total. The number of ether oxygens (including phenoxy) is 3. The van der Waals surface area contributed by atoms with Gasteiger partial charge in [0.25, 0.3) is 0 Å². The first-order chi connectivity index (χ1) is 12.8. The molecule has 7 heteroatoms. The molecule has 7 nitrogen and oxygen atoms in total. The Kier molecular flexibility index (Phi) is 7.51. The monoisotopic (exact) mass is 362 g/mol. The first kappa shape index (κ1) is 18.9. The maximum absolute atomic E-state index is 6.04. The standard InChI is InChI=1S/C19H30N4O3/c1-20-19(22-9-13-25-17-4-2-8-21-14-17)23-10-6-16(7-11-23)26-15-18-5-3-12-24-18/h2,4,8,14,16,18H,3,5-7,9-13,15H2,1H3,(H,20,22). The SMILES string of the molecule is CN=C(NCCOc1cccnc1)N1CCC(OCC2CCCO2)CC1. The van der Waals surface area contributed by atoms with Gasteiger partial charge in [0, 0.05) is 32.9 Å². The van der Waals surface area contributed by atoms with Crippen molar-refractivity contribution in [2.45, 2.75) is 37.9 Å². The Labute approximate surface area is 155 Å². The Morgan fingerprint density at radius 2 is 2.27 bits per heavy atom. The van der Waals surface area contributed by atoms with Gasteiger partial charge >= 0.3 is 0 Å². The molecule has 0 aromatic carbocycles. The second-order valence-electron chi connectivity index (χ2n) is 6.67. The van der Waals surface area contributed by atoms with E-state index in [0.717, 1.165) is 57.3 Å². The Morgan fingerprint density at radius 3 is 2.96 bits per heavy atom. The first-order valence-corrected chi connectivity index (χ1v) is 9.57. The van der Waals surface area contributed by atoms with Crippen LogP contribution >= 0.6 is 0 Å². The van der Waals surface area contributed by atoms with Crippen LogP contribution in [-0.4, -0.2) is 74.6 Å². The lowest BCUT2D eigenvalue weighted by Crippen LogP contribution is -2.48. The number of aromatic nitrogens is 1. The minimum atomic E-state index is 0.308. The normalized spacial score (nSPS) is 21.8. The molecule has 1 unspecified atom stereocenters. The highest BCUT2D eigenvalue weighted by molar-refractivity contribution is 5.79. The zero-order valence-corrected chi connectivity index (χ0v) is 15.6. The van der Waals surface area contributed by atoms with Crippen LogP contribution in [0.25, 0.3) is 0 Å².